The fourth-order valence-corrected chi connectivity index (χ4v) is 3.21. The summed E-state index contributed by atoms with van der Waals surface area (Å²) in [5, 5.41) is 9.04. The average molecular weight is 235 g/mol. The first-order chi connectivity index (χ1) is 8.20. The predicted octanol–water partition coefficient (Wildman–Crippen LogP) is 2.09. The lowest BCUT2D eigenvalue weighted by Crippen LogP contribution is -2.49. The Kier molecular flexibility index (Phi) is 4.42. The third-order valence-electron chi connectivity index (χ3n) is 4.38. The van der Waals surface area contributed by atoms with Crippen LogP contribution in [0.4, 0.5) is 0 Å². The van der Waals surface area contributed by atoms with E-state index in [0.717, 1.165) is 19.0 Å². The van der Waals surface area contributed by atoms with E-state index in [0.29, 0.717) is 6.04 Å². The van der Waals surface area contributed by atoms with Crippen LogP contribution < -0.4 is 0 Å². The first kappa shape index (κ1) is 12.9. The molecule has 0 N–H and O–H groups in total. The van der Waals surface area contributed by atoms with Gasteiger partial charge >= 0.3 is 0 Å². The van der Waals surface area contributed by atoms with Crippen molar-refractivity contribution in [2.24, 2.45) is 5.92 Å². The van der Waals surface area contributed by atoms with Crippen LogP contribution in [0.3, 0.4) is 0 Å². The van der Waals surface area contributed by atoms with Crippen LogP contribution >= 0.6 is 0 Å². The zero-order valence-electron chi connectivity index (χ0n) is 11.2. The molecule has 0 spiro atoms. The van der Waals surface area contributed by atoms with Crippen molar-refractivity contribution in [1.82, 2.24) is 9.80 Å². The zero-order valence-corrected chi connectivity index (χ0v) is 11.2. The lowest BCUT2D eigenvalue weighted by molar-refractivity contribution is 0.0703. The third kappa shape index (κ3) is 3.20. The normalized spacial score (nSPS) is 29.4. The SMILES string of the molecule is CC(C)N1CCC(N2CCCC(C#N)C2)CC1. The smallest absolute Gasteiger partial charge is 0.0669 e. The van der Waals surface area contributed by atoms with E-state index in [-0.39, 0.29) is 5.92 Å². The number of likely N-dealkylation sites (tertiary alicyclic amines) is 2. The summed E-state index contributed by atoms with van der Waals surface area (Å²) in [6, 6.07) is 3.87. The fraction of sp³-hybridized carbons (Fsp3) is 0.929. The Bertz CT molecular complexity index is 274. The first-order valence-electron chi connectivity index (χ1n) is 7.08. The number of nitrogens with zero attached hydrogens (tertiary/aromatic N) is 3. The van der Waals surface area contributed by atoms with E-state index in [9.17, 15) is 0 Å². The molecule has 0 aromatic rings. The van der Waals surface area contributed by atoms with Gasteiger partial charge in [-0.2, -0.15) is 5.26 Å². The van der Waals surface area contributed by atoms with Crippen LogP contribution in [0.25, 0.3) is 0 Å². The molecule has 3 heteroatoms. The van der Waals surface area contributed by atoms with E-state index < -0.39 is 0 Å². The van der Waals surface area contributed by atoms with Crippen LogP contribution in [-0.2, 0) is 0 Å². The minimum absolute atomic E-state index is 0.284. The number of piperidine rings is 2. The highest BCUT2D eigenvalue weighted by molar-refractivity contribution is 4.91. The number of nitriles is 1. The predicted molar refractivity (Wildman–Crippen MR) is 69.6 cm³/mol. The molecule has 0 aromatic carbocycles. The van der Waals surface area contributed by atoms with Gasteiger partial charge in [-0.1, -0.05) is 0 Å². The highest BCUT2D eigenvalue weighted by atomic mass is 15.2. The molecule has 0 amide bonds. The Balaban J connectivity index is 1.82. The molecule has 0 radical (unpaired) electrons. The summed E-state index contributed by atoms with van der Waals surface area (Å²) in [5.41, 5.74) is 0. The minimum Gasteiger partial charge on any atom is -0.301 e. The molecule has 2 rings (SSSR count). The van der Waals surface area contributed by atoms with Gasteiger partial charge in [0.1, 0.15) is 0 Å². The van der Waals surface area contributed by atoms with Gasteiger partial charge in [0.25, 0.3) is 0 Å². The molecule has 2 saturated heterocycles. The second-order valence-corrected chi connectivity index (χ2v) is 5.82. The Labute approximate surface area is 105 Å². The van der Waals surface area contributed by atoms with Gasteiger partial charge in [0, 0.05) is 18.6 Å². The first-order valence-corrected chi connectivity index (χ1v) is 7.08. The Morgan fingerprint density at radius 2 is 1.82 bits per heavy atom. The van der Waals surface area contributed by atoms with Crippen molar-refractivity contribution in [3.05, 3.63) is 0 Å². The lowest BCUT2D eigenvalue weighted by atomic mass is 9.94. The number of hydrogen-bond donors (Lipinski definition) is 0. The molecule has 0 saturated carbocycles. The van der Waals surface area contributed by atoms with Crippen molar-refractivity contribution in [2.45, 2.75) is 51.6 Å². The summed E-state index contributed by atoms with van der Waals surface area (Å²) in [6.07, 6.45) is 4.90. The summed E-state index contributed by atoms with van der Waals surface area (Å²) >= 11 is 0. The summed E-state index contributed by atoms with van der Waals surface area (Å²) in [7, 11) is 0. The topological polar surface area (TPSA) is 30.3 Å². The molecule has 0 aliphatic carbocycles. The minimum atomic E-state index is 0.284. The highest BCUT2D eigenvalue weighted by Crippen LogP contribution is 2.24. The Morgan fingerprint density at radius 3 is 2.41 bits per heavy atom. The maximum absolute atomic E-state index is 9.04. The summed E-state index contributed by atoms with van der Waals surface area (Å²) in [4.78, 5) is 5.15. The van der Waals surface area contributed by atoms with Crippen molar-refractivity contribution >= 4 is 0 Å². The van der Waals surface area contributed by atoms with Crippen LogP contribution in [0, 0.1) is 17.2 Å². The highest BCUT2D eigenvalue weighted by Gasteiger charge is 2.29. The van der Waals surface area contributed by atoms with Crippen LogP contribution in [0.15, 0.2) is 0 Å². The second kappa shape index (κ2) is 5.84. The van der Waals surface area contributed by atoms with Gasteiger partial charge in [-0.15, -0.1) is 0 Å². The van der Waals surface area contributed by atoms with Gasteiger partial charge in [-0.25, -0.2) is 0 Å². The number of rotatable bonds is 2. The van der Waals surface area contributed by atoms with E-state index in [1.807, 2.05) is 0 Å². The van der Waals surface area contributed by atoms with Gasteiger partial charge in [0.15, 0.2) is 0 Å². The lowest BCUT2D eigenvalue weighted by Gasteiger charge is -2.42. The van der Waals surface area contributed by atoms with Crippen molar-refractivity contribution in [3.8, 4) is 6.07 Å². The Morgan fingerprint density at radius 1 is 1.12 bits per heavy atom. The molecule has 2 fully saturated rings. The second-order valence-electron chi connectivity index (χ2n) is 5.82. The summed E-state index contributed by atoms with van der Waals surface area (Å²) in [5.74, 6) is 0.284. The van der Waals surface area contributed by atoms with Crippen LogP contribution in [0.2, 0.25) is 0 Å². The molecule has 17 heavy (non-hydrogen) atoms. The quantitative estimate of drug-likeness (QED) is 0.734. The summed E-state index contributed by atoms with van der Waals surface area (Å²) < 4.78 is 0. The maximum Gasteiger partial charge on any atom is 0.0669 e. The molecule has 1 unspecified atom stereocenters. The maximum atomic E-state index is 9.04. The standard InChI is InChI=1S/C14H25N3/c1-12(2)16-8-5-14(6-9-16)17-7-3-4-13(10-15)11-17/h12-14H,3-9,11H2,1-2H3. The zero-order chi connectivity index (χ0) is 12.3. The van der Waals surface area contributed by atoms with Gasteiger partial charge in [-0.05, 0) is 59.2 Å². The van der Waals surface area contributed by atoms with Gasteiger partial charge in [0.05, 0.1) is 12.0 Å². The van der Waals surface area contributed by atoms with Crippen LogP contribution in [0.5, 0.6) is 0 Å². The molecular weight excluding hydrogens is 210 g/mol. The van der Waals surface area contributed by atoms with Crippen molar-refractivity contribution in [1.29, 1.82) is 5.26 Å². The molecule has 0 aromatic heterocycles. The van der Waals surface area contributed by atoms with E-state index in [1.54, 1.807) is 0 Å². The molecule has 1 atom stereocenters. The van der Waals surface area contributed by atoms with Crippen LogP contribution in [0.1, 0.15) is 39.5 Å². The van der Waals surface area contributed by atoms with Crippen LogP contribution in [-0.4, -0.2) is 48.1 Å². The van der Waals surface area contributed by atoms with Crippen molar-refractivity contribution in [2.75, 3.05) is 26.2 Å². The van der Waals surface area contributed by atoms with Crippen molar-refractivity contribution < 1.29 is 0 Å². The van der Waals surface area contributed by atoms with Gasteiger partial charge < -0.3 is 4.90 Å². The monoisotopic (exact) mass is 235 g/mol. The molecule has 2 aliphatic rings. The fourth-order valence-electron chi connectivity index (χ4n) is 3.21. The molecule has 2 aliphatic heterocycles. The Hall–Kier alpha value is -0.590. The van der Waals surface area contributed by atoms with E-state index >= 15 is 0 Å². The molecule has 0 bridgehead atoms. The van der Waals surface area contributed by atoms with E-state index in [4.69, 9.17) is 5.26 Å². The van der Waals surface area contributed by atoms with E-state index in [1.165, 1.54) is 38.9 Å². The molecule has 3 nitrogen and oxygen atoms in total. The van der Waals surface area contributed by atoms with Gasteiger partial charge in [-0.3, -0.25) is 4.90 Å². The number of hydrogen-bond acceptors (Lipinski definition) is 3. The van der Waals surface area contributed by atoms with Gasteiger partial charge in [0.2, 0.25) is 0 Å². The average Bonchev–Trinajstić information content (AvgIpc) is 2.39. The molecule has 96 valence electrons. The largest absolute Gasteiger partial charge is 0.301 e. The van der Waals surface area contributed by atoms with Crippen molar-refractivity contribution in [3.63, 3.8) is 0 Å². The summed E-state index contributed by atoms with van der Waals surface area (Å²) in [6.45, 7) is 9.26. The third-order valence-corrected chi connectivity index (χ3v) is 4.38. The molecular formula is C14H25N3. The molecule has 2 heterocycles. The van der Waals surface area contributed by atoms with E-state index in [2.05, 4.69) is 29.7 Å².